The number of para-hydroxylation sites is 1. The van der Waals surface area contributed by atoms with Crippen LogP contribution in [0, 0.1) is 12.8 Å². The van der Waals surface area contributed by atoms with Gasteiger partial charge in [-0.15, -0.1) is 0 Å². The first-order valence-corrected chi connectivity index (χ1v) is 14.1. The van der Waals surface area contributed by atoms with Crippen LogP contribution in [0.4, 0.5) is 13.2 Å². The van der Waals surface area contributed by atoms with Gasteiger partial charge in [-0.25, -0.2) is 13.2 Å². The van der Waals surface area contributed by atoms with Gasteiger partial charge in [-0.1, -0.05) is 18.2 Å². The Bertz CT molecular complexity index is 1580. The van der Waals surface area contributed by atoms with Crippen LogP contribution in [0.15, 0.2) is 59.5 Å². The second-order valence-corrected chi connectivity index (χ2v) is 11.5. The minimum atomic E-state index is -5.34. The third-order valence-corrected chi connectivity index (χ3v) is 8.43. The number of fused-ring (bicyclic) bond motifs is 1. The lowest BCUT2D eigenvalue weighted by molar-refractivity contribution is -0.208. The van der Waals surface area contributed by atoms with Gasteiger partial charge in [0.05, 0.1) is 28.1 Å². The number of amides is 2. The van der Waals surface area contributed by atoms with Crippen molar-refractivity contribution in [3.8, 4) is 5.75 Å². The second-order valence-electron chi connectivity index (χ2n) is 9.51. The average molecular weight is 594 g/mol. The molecule has 3 aromatic rings. The number of aromatic nitrogens is 1. The standard InChI is InChI=1S/C27H26F3N3O7S/c1-16-13-18(21-5-3-4-6-23(21)31-16)14-39-19-7-9-20(10-8-19)41(37,38)15-24-22(11-12-33(24)17(2)34)25(35)32-40-26(36)27(28,29)30/h3-10,13,22,24H,11-12,14-15H2,1-2H3,(H,32,35)/t22-,24-/m0/s1. The normalized spacial score (nSPS) is 17.3. The maximum Gasteiger partial charge on any atom is 0.493 e. The molecule has 0 aliphatic carbocycles. The summed E-state index contributed by atoms with van der Waals surface area (Å²) in [6, 6.07) is 13.9. The van der Waals surface area contributed by atoms with Gasteiger partial charge >= 0.3 is 12.1 Å². The van der Waals surface area contributed by atoms with Crippen molar-refractivity contribution >= 4 is 38.5 Å². The zero-order valence-electron chi connectivity index (χ0n) is 22.0. The summed E-state index contributed by atoms with van der Waals surface area (Å²) in [5, 5.41) is 0.927. The van der Waals surface area contributed by atoms with Gasteiger partial charge in [0.25, 0.3) is 5.91 Å². The third-order valence-electron chi connectivity index (χ3n) is 6.66. The lowest BCUT2D eigenvalue weighted by atomic mass is 10.0. The van der Waals surface area contributed by atoms with Crippen molar-refractivity contribution in [3.63, 3.8) is 0 Å². The number of nitrogens with zero attached hydrogens (tertiary/aromatic N) is 2. The van der Waals surface area contributed by atoms with Crippen LogP contribution in [0.25, 0.3) is 10.9 Å². The van der Waals surface area contributed by atoms with Crippen LogP contribution in [0.2, 0.25) is 0 Å². The highest BCUT2D eigenvalue weighted by Gasteiger charge is 2.45. The first kappa shape index (κ1) is 29.8. The van der Waals surface area contributed by atoms with E-state index in [-0.39, 0.29) is 24.5 Å². The molecule has 2 aromatic carbocycles. The van der Waals surface area contributed by atoms with E-state index in [1.807, 2.05) is 37.3 Å². The summed E-state index contributed by atoms with van der Waals surface area (Å²) in [6.45, 7) is 3.26. The molecule has 14 heteroatoms. The number of rotatable bonds is 7. The van der Waals surface area contributed by atoms with E-state index in [0.29, 0.717) is 5.75 Å². The molecule has 1 fully saturated rings. The first-order valence-electron chi connectivity index (χ1n) is 12.4. The highest BCUT2D eigenvalue weighted by Crippen LogP contribution is 2.29. The number of nitrogens with one attached hydrogen (secondary N) is 1. The average Bonchev–Trinajstić information content (AvgIpc) is 3.33. The highest BCUT2D eigenvalue weighted by atomic mass is 32.2. The molecule has 218 valence electrons. The number of carbonyl (C=O) groups is 3. The van der Waals surface area contributed by atoms with E-state index >= 15 is 0 Å². The van der Waals surface area contributed by atoms with E-state index in [9.17, 15) is 36.0 Å². The quantitative estimate of drug-likeness (QED) is 0.413. The van der Waals surface area contributed by atoms with Crippen LogP contribution in [-0.4, -0.2) is 60.6 Å². The molecule has 1 aliphatic heterocycles. The van der Waals surface area contributed by atoms with Crippen molar-refractivity contribution in [2.45, 2.75) is 44.0 Å². The highest BCUT2D eigenvalue weighted by molar-refractivity contribution is 7.91. The van der Waals surface area contributed by atoms with Crippen molar-refractivity contribution in [2.24, 2.45) is 5.92 Å². The number of ether oxygens (including phenoxy) is 1. The molecule has 4 rings (SSSR count). The molecular formula is C27H26F3N3O7S. The number of sulfone groups is 1. The van der Waals surface area contributed by atoms with Gasteiger partial charge in [-0.05, 0) is 49.7 Å². The first-order chi connectivity index (χ1) is 19.3. The van der Waals surface area contributed by atoms with E-state index in [4.69, 9.17) is 4.74 Å². The summed E-state index contributed by atoms with van der Waals surface area (Å²) < 4.78 is 69.6. The minimum Gasteiger partial charge on any atom is -0.489 e. The summed E-state index contributed by atoms with van der Waals surface area (Å²) in [5.74, 6) is -5.80. The summed E-state index contributed by atoms with van der Waals surface area (Å²) >= 11 is 0. The van der Waals surface area contributed by atoms with Crippen molar-refractivity contribution in [1.82, 2.24) is 15.4 Å². The van der Waals surface area contributed by atoms with Crippen molar-refractivity contribution in [2.75, 3.05) is 12.3 Å². The van der Waals surface area contributed by atoms with Gasteiger partial charge in [-0.3, -0.25) is 14.6 Å². The predicted octanol–water partition coefficient (Wildman–Crippen LogP) is 3.27. The molecule has 0 saturated carbocycles. The Kier molecular flexibility index (Phi) is 8.52. The van der Waals surface area contributed by atoms with Crippen molar-refractivity contribution in [1.29, 1.82) is 0 Å². The Hall–Kier alpha value is -4.20. The molecule has 0 spiro atoms. The van der Waals surface area contributed by atoms with Gasteiger partial charge in [0.15, 0.2) is 9.84 Å². The molecule has 2 heterocycles. The Morgan fingerprint density at radius 1 is 1.10 bits per heavy atom. The number of hydroxylamine groups is 1. The number of benzene rings is 2. The van der Waals surface area contributed by atoms with E-state index in [1.54, 1.807) is 0 Å². The number of alkyl halides is 3. The topological polar surface area (TPSA) is 132 Å². The molecule has 0 unspecified atom stereocenters. The van der Waals surface area contributed by atoms with Crippen molar-refractivity contribution < 1.29 is 45.5 Å². The third kappa shape index (κ3) is 6.93. The second kappa shape index (κ2) is 11.7. The molecule has 1 aliphatic rings. The van der Waals surface area contributed by atoms with Crippen LogP contribution in [-0.2, 0) is 35.7 Å². The SMILES string of the molecule is CC(=O)N1CC[C@H](C(=O)NOC(=O)C(F)(F)F)[C@@H]1CS(=O)(=O)c1ccc(OCc2cc(C)nc3ccccc23)cc1. The van der Waals surface area contributed by atoms with Gasteiger partial charge in [0, 0.05) is 30.1 Å². The lowest BCUT2D eigenvalue weighted by Crippen LogP contribution is -2.46. The van der Waals surface area contributed by atoms with Gasteiger partial charge in [0.1, 0.15) is 12.4 Å². The Morgan fingerprint density at radius 2 is 1.78 bits per heavy atom. The maximum absolute atomic E-state index is 13.2. The largest absolute Gasteiger partial charge is 0.493 e. The smallest absolute Gasteiger partial charge is 0.489 e. The van der Waals surface area contributed by atoms with Gasteiger partial charge in [0.2, 0.25) is 5.91 Å². The number of hydrogen-bond donors (Lipinski definition) is 1. The molecule has 10 nitrogen and oxygen atoms in total. The van der Waals surface area contributed by atoms with Crippen LogP contribution in [0.3, 0.4) is 0 Å². The number of carbonyl (C=O) groups excluding carboxylic acids is 3. The van der Waals surface area contributed by atoms with E-state index in [0.717, 1.165) is 27.1 Å². The summed E-state index contributed by atoms with van der Waals surface area (Å²) in [7, 11) is -4.07. The Labute approximate surface area is 233 Å². The molecule has 1 aromatic heterocycles. The number of pyridine rings is 1. The minimum absolute atomic E-state index is 0.00321. The summed E-state index contributed by atoms with van der Waals surface area (Å²) in [6.07, 6.45) is -5.37. The van der Waals surface area contributed by atoms with Crippen LogP contribution >= 0.6 is 0 Å². The fourth-order valence-corrected chi connectivity index (χ4v) is 6.33. The van der Waals surface area contributed by atoms with E-state index in [1.165, 1.54) is 36.7 Å². The number of hydrogen-bond acceptors (Lipinski definition) is 8. The molecular weight excluding hydrogens is 567 g/mol. The monoisotopic (exact) mass is 593 g/mol. The molecule has 0 radical (unpaired) electrons. The Morgan fingerprint density at radius 3 is 2.44 bits per heavy atom. The number of halogens is 3. The predicted molar refractivity (Wildman–Crippen MR) is 139 cm³/mol. The molecule has 41 heavy (non-hydrogen) atoms. The fraction of sp³-hybridized carbons (Fsp3) is 0.333. The number of aryl methyl sites for hydroxylation is 1. The molecule has 2 amide bonds. The van der Waals surface area contributed by atoms with E-state index < -0.39 is 51.5 Å². The van der Waals surface area contributed by atoms with Gasteiger partial charge < -0.3 is 14.5 Å². The fourth-order valence-electron chi connectivity index (χ4n) is 4.73. The maximum atomic E-state index is 13.2. The van der Waals surface area contributed by atoms with Crippen molar-refractivity contribution in [3.05, 3.63) is 65.9 Å². The summed E-state index contributed by atoms with van der Waals surface area (Å²) in [4.78, 5) is 44.9. The number of likely N-dealkylation sites (tertiary alicyclic amines) is 1. The van der Waals surface area contributed by atoms with Crippen LogP contribution in [0.1, 0.15) is 24.6 Å². The Balaban J connectivity index is 1.46. The molecule has 2 atom stereocenters. The molecule has 1 N–H and O–H groups in total. The van der Waals surface area contributed by atoms with E-state index in [2.05, 4.69) is 9.82 Å². The van der Waals surface area contributed by atoms with Crippen LogP contribution < -0.4 is 10.2 Å². The van der Waals surface area contributed by atoms with Crippen LogP contribution in [0.5, 0.6) is 5.75 Å². The van der Waals surface area contributed by atoms with Gasteiger partial charge in [-0.2, -0.15) is 18.7 Å². The summed E-state index contributed by atoms with van der Waals surface area (Å²) in [5.41, 5.74) is 3.98. The molecule has 1 saturated heterocycles. The lowest BCUT2D eigenvalue weighted by Gasteiger charge is -2.26. The zero-order chi connectivity index (χ0) is 29.9. The zero-order valence-corrected chi connectivity index (χ0v) is 22.8. The molecule has 0 bridgehead atoms.